The fourth-order valence-electron chi connectivity index (χ4n) is 4.22. The molecule has 0 bridgehead atoms. The van der Waals surface area contributed by atoms with Crippen molar-refractivity contribution >= 4 is 33.4 Å². The van der Waals surface area contributed by atoms with Crippen molar-refractivity contribution in [3.63, 3.8) is 0 Å². The third-order valence-electron chi connectivity index (χ3n) is 6.02. The molecule has 0 spiro atoms. The molecule has 1 saturated carbocycles. The van der Waals surface area contributed by atoms with Crippen LogP contribution in [-0.2, 0) is 17.8 Å². The third kappa shape index (κ3) is 4.39. The van der Waals surface area contributed by atoms with E-state index >= 15 is 0 Å². The second-order valence-electron chi connectivity index (χ2n) is 8.01. The highest BCUT2D eigenvalue weighted by Gasteiger charge is 2.25. The molecule has 1 aliphatic carbocycles. The molecule has 1 N–H and O–H groups in total. The second-order valence-corrected chi connectivity index (χ2v) is 8.87. The van der Waals surface area contributed by atoms with E-state index in [0.717, 1.165) is 42.6 Å². The van der Waals surface area contributed by atoms with Gasteiger partial charge in [0.05, 0.1) is 10.9 Å². The zero-order valence-corrected chi connectivity index (χ0v) is 18.2. The van der Waals surface area contributed by atoms with Crippen LogP contribution >= 0.6 is 11.3 Å². The van der Waals surface area contributed by atoms with Crippen LogP contribution in [0.15, 0.2) is 40.5 Å². The number of carboxylic acid groups (broad SMARTS) is 1. The van der Waals surface area contributed by atoms with Gasteiger partial charge in [-0.25, -0.2) is 9.78 Å². The molecule has 0 radical (unpaired) electrons. The van der Waals surface area contributed by atoms with Gasteiger partial charge in [-0.2, -0.15) is 0 Å². The van der Waals surface area contributed by atoms with E-state index < -0.39 is 11.5 Å². The minimum atomic E-state index is -1.17. The Morgan fingerprint density at radius 3 is 2.58 bits per heavy atom. The Morgan fingerprint density at radius 2 is 1.90 bits per heavy atom. The Morgan fingerprint density at radius 1 is 1.19 bits per heavy atom. The minimum Gasteiger partial charge on any atom is -0.478 e. The maximum absolute atomic E-state index is 13.4. The number of aromatic nitrogens is 2. The van der Waals surface area contributed by atoms with Gasteiger partial charge in [-0.05, 0) is 18.4 Å². The van der Waals surface area contributed by atoms with E-state index in [4.69, 9.17) is 0 Å². The van der Waals surface area contributed by atoms with Crippen LogP contribution in [0.1, 0.15) is 53.8 Å². The van der Waals surface area contributed by atoms with Crippen LogP contribution in [0.3, 0.4) is 0 Å². The highest BCUT2D eigenvalue weighted by Crippen LogP contribution is 2.24. The fraction of sp³-hybridized carbons (Fsp3) is 0.391. The molecule has 0 saturated heterocycles. The maximum atomic E-state index is 13.4. The van der Waals surface area contributed by atoms with Gasteiger partial charge in [-0.15, -0.1) is 11.3 Å². The third-order valence-corrected chi connectivity index (χ3v) is 6.89. The first-order valence-corrected chi connectivity index (χ1v) is 11.4. The molecule has 1 amide bonds. The van der Waals surface area contributed by atoms with Gasteiger partial charge >= 0.3 is 5.97 Å². The normalized spacial score (nSPS) is 14.6. The van der Waals surface area contributed by atoms with E-state index in [2.05, 4.69) is 4.98 Å². The molecule has 0 unspecified atom stereocenters. The summed E-state index contributed by atoms with van der Waals surface area (Å²) in [6.07, 6.45) is 5.72. The van der Waals surface area contributed by atoms with Crippen molar-refractivity contribution in [3.05, 3.63) is 63.0 Å². The number of thiophene rings is 1. The number of likely N-dealkylation sites (N-methyl/N-ethyl adjacent to an activating group) is 1. The zero-order chi connectivity index (χ0) is 22.0. The van der Waals surface area contributed by atoms with Gasteiger partial charge in [-0.1, -0.05) is 49.6 Å². The Hall–Kier alpha value is -3.00. The number of nitrogens with zero attached hydrogens (tertiary/aromatic N) is 3. The predicted octanol–water partition coefficient (Wildman–Crippen LogP) is 3.54. The van der Waals surface area contributed by atoms with Gasteiger partial charge in [0, 0.05) is 24.9 Å². The SMILES string of the molecule is CN(C(=O)Cn1c(Cc2ccccc2)nc2scc(C(=O)O)c2c1=O)C1CCCCC1. The van der Waals surface area contributed by atoms with E-state index in [-0.39, 0.29) is 29.4 Å². The quantitative estimate of drug-likeness (QED) is 0.634. The molecule has 0 atom stereocenters. The Kier molecular flexibility index (Phi) is 6.18. The predicted molar refractivity (Wildman–Crippen MR) is 120 cm³/mol. The number of aromatic carboxylic acids is 1. The average Bonchev–Trinajstić information content (AvgIpc) is 3.21. The maximum Gasteiger partial charge on any atom is 0.337 e. The van der Waals surface area contributed by atoms with Crippen molar-refractivity contribution in [2.24, 2.45) is 0 Å². The van der Waals surface area contributed by atoms with Crippen molar-refractivity contribution in [1.29, 1.82) is 0 Å². The van der Waals surface area contributed by atoms with Crippen LogP contribution in [0.5, 0.6) is 0 Å². The lowest BCUT2D eigenvalue weighted by molar-refractivity contribution is -0.133. The smallest absolute Gasteiger partial charge is 0.337 e. The lowest BCUT2D eigenvalue weighted by atomic mass is 9.94. The number of carbonyl (C=O) groups excluding carboxylic acids is 1. The lowest BCUT2D eigenvalue weighted by Crippen LogP contribution is -2.42. The van der Waals surface area contributed by atoms with Crippen molar-refractivity contribution in [2.75, 3.05) is 7.05 Å². The van der Waals surface area contributed by atoms with E-state index in [1.807, 2.05) is 30.3 Å². The standard InChI is InChI=1S/C23H25N3O4S/c1-25(16-10-6-3-7-11-16)19(27)13-26-18(12-15-8-4-2-5-9-15)24-21-20(22(26)28)17(14-31-21)23(29)30/h2,4-5,8-9,14,16H,3,6-7,10-13H2,1H3,(H,29,30). The molecule has 7 nitrogen and oxygen atoms in total. The summed E-state index contributed by atoms with van der Waals surface area (Å²) in [5.74, 6) is -0.859. The second kappa shape index (κ2) is 9.01. The summed E-state index contributed by atoms with van der Waals surface area (Å²) in [4.78, 5) is 44.8. The minimum absolute atomic E-state index is 0.0643. The van der Waals surface area contributed by atoms with Gasteiger partial charge in [0.15, 0.2) is 0 Å². The highest BCUT2D eigenvalue weighted by atomic mass is 32.1. The Balaban J connectivity index is 1.74. The molecule has 8 heteroatoms. The molecule has 2 heterocycles. The van der Waals surface area contributed by atoms with Gasteiger partial charge in [0.2, 0.25) is 5.91 Å². The summed E-state index contributed by atoms with van der Waals surface area (Å²) in [7, 11) is 1.79. The number of amides is 1. The van der Waals surface area contributed by atoms with E-state index in [9.17, 15) is 19.5 Å². The lowest BCUT2D eigenvalue weighted by Gasteiger charge is -2.31. The van der Waals surface area contributed by atoms with Crippen molar-refractivity contribution < 1.29 is 14.7 Å². The largest absolute Gasteiger partial charge is 0.478 e. The van der Waals surface area contributed by atoms with Gasteiger partial charge < -0.3 is 10.0 Å². The number of carbonyl (C=O) groups is 2. The Bertz CT molecular complexity index is 1160. The van der Waals surface area contributed by atoms with Crippen LogP contribution in [0.25, 0.3) is 10.2 Å². The fourth-order valence-corrected chi connectivity index (χ4v) is 5.14. The monoisotopic (exact) mass is 439 g/mol. The van der Waals surface area contributed by atoms with Crippen molar-refractivity contribution in [2.45, 2.75) is 51.1 Å². The number of benzene rings is 1. The summed E-state index contributed by atoms with van der Waals surface area (Å²) < 4.78 is 1.36. The first-order chi connectivity index (χ1) is 15.0. The van der Waals surface area contributed by atoms with Crippen molar-refractivity contribution in [3.8, 4) is 0 Å². The molecule has 162 valence electrons. The molecule has 1 aromatic carbocycles. The van der Waals surface area contributed by atoms with Gasteiger partial charge in [0.1, 0.15) is 17.2 Å². The molecule has 1 fully saturated rings. The van der Waals surface area contributed by atoms with Crippen LogP contribution in [-0.4, -0.2) is 44.5 Å². The number of hydrogen-bond donors (Lipinski definition) is 1. The van der Waals surface area contributed by atoms with Crippen molar-refractivity contribution in [1.82, 2.24) is 14.5 Å². The van der Waals surface area contributed by atoms with E-state index in [1.165, 1.54) is 16.4 Å². The summed E-state index contributed by atoms with van der Waals surface area (Å²) in [6, 6.07) is 9.79. The van der Waals surface area contributed by atoms with E-state index in [0.29, 0.717) is 17.1 Å². The molecule has 1 aliphatic rings. The molecule has 3 aromatic rings. The molecular weight excluding hydrogens is 414 g/mol. The molecule has 0 aliphatic heterocycles. The van der Waals surface area contributed by atoms with Crippen LogP contribution < -0.4 is 5.56 Å². The molecule has 4 rings (SSSR count). The zero-order valence-electron chi connectivity index (χ0n) is 17.4. The number of carboxylic acids is 1. The number of rotatable bonds is 6. The Labute approximate surface area is 184 Å². The summed E-state index contributed by atoms with van der Waals surface area (Å²) >= 11 is 1.14. The summed E-state index contributed by atoms with van der Waals surface area (Å²) in [5.41, 5.74) is 0.427. The van der Waals surface area contributed by atoms with Gasteiger partial charge in [0.25, 0.3) is 5.56 Å². The van der Waals surface area contributed by atoms with Crippen LogP contribution in [0, 0.1) is 0 Å². The summed E-state index contributed by atoms with van der Waals surface area (Å²) in [5, 5.41) is 11.0. The number of hydrogen-bond acceptors (Lipinski definition) is 5. The first-order valence-electron chi connectivity index (χ1n) is 10.5. The average molecular weight is 440 g/mol. The van der Waals surface area contributed by atoms with Gasteiger partial charge in [-0.3, -0.25) is 14.2 Å². The molecule has 31 heavy (non-hydrogen) atoms. The number of fused-ring (bicyclic) bond motifs is 1. The van der Waals surface area contributed by atoms with Crippen LogP contribution in [0.2, 0.25) is 0 Å². The molecule has 2 aromatic heterocycles. The first kappa shape index (κ1) is 21.2. The highest BCUT2D eigenvalue weighted by molar-refractivity contribution is 7.17. The molecular formula is C23H25N3O4S. The topological polar surface area (TPSA) is 92.5 Å². The summed E-state index contributed by atoms with van der Waals surface area (Å²) in [6.45, 7) is -0.147. The van der Waals surface area contributed by atoms with E-state index in [1.54, 1.807) is 11.9 Å². The van der Waals surface area contributed by atoms with Crippen LogP contribution in [0.4, 0.5) is 0 Å².